The number of hydrogen-bond acceptors (Lipinski definition) is 4. The Morgan fingerprint density at radius 2 is 2.30 bits per heavy atom. The van der Waals surface area contributed by atoms with Gasteiger partial charge in [0, 0.05) is 0 Å². The summed E-state index contributed by atoms with van der Waals surface area (Å²) in [5.74, 6) is 3.78. The lowest BCUT2D eigenvalue weighted by atomic mass is 10.2. The third kappa shape index (κ3) is 2.51. The summed E-state index contributed by atoms with van der Waals surface area (Å²) in [6.07, 6.45) is 1.06. The SMILES string of the molecule is CCCC(N)(Cl)C(=O)ON. The van der Waals surface area contributed by atoms with Crippen LogP contribution in [0.4, 0.5) is 0 Å². The van der Waals surface area contributed by atoms with Gasteiger partial charge in [-0.2, -0.15) is 5.90 Å². The molecule has 0 aliphatic rings. The average molecular weight is 167 g/mol. The lowest BCUT2D eigenvalue weighted by Gasteiger charge is -2.16. The van der Waals surface area contributed by atoms with E-state index in [9.17, 15) is 4.79 Å². The molecule has 0 bridgehead atoms. The summed E-state index contributed by atoms with van der Waals surface area (Å²) in [5.41, 5.74) is 5.29. The van der Waals surface area contributed by atoms with E-state index >= 15 is 0 Å². The van der Waals surface area contributed by atoms with E-state index in [1.54, 1.807) is 0 Å². The topological polar surface area (TPSA) is 78.3 Å². The van der Waals surface area contributed by atoms with Crippen molar-refractivity contribution in [2.24, 2.45) is 11.6 Å². The number of alkyl halides is 1. The van der Waals surface area contributed by atoms with Gasteiger partial charge >= 0.3 is 5.97 Å². The van der Waals surface area contributed by atoms with Crippen LogP contribution in [0.2, 0.25) is 0 Å². The van der Waals surface area contributed by atoms with E-state index in [2.05, 4.69) is 10.7 Å². The van der Waals surface area contributed by atoms with E-state index in [-0.39, 0.29) is 0 Å². The zero-order chi connectivity index (χ0) is 8.20. The summed E-state index contributed by atoms with van der Waals surface area (Å²) in [4.78, 5) is 13.0. The highest BCUT2D eigenvalue weighted by atomic mass is 35.5. The first-order valence-corrected chi connectivity index (χ1v) is 3.31. The van der Waals surface area contributed by atoms with Crippen LogP contribution in [0.25, 0.3) is 0 Å². The Morgan fingerprint density at radius 1 is 1.80 bits per heavy atom. The monoisotopic (exact) mass is 166 g/mol. The Morgan fingerprint density at radius 3 is 2.60 bits per heavy atom. The Hall–Kier alpha value is -0.320. The van der Waals surface area contributed by atoms with Gasteiger partial charge < -0.3 is 10.6 Å². The molecular formula is C5H11ClN2O2. The maximum Gasteiger partial charge on any atom is 0.360 e. The first-order valence-electron chi connectivity index (χ1n) is 2.93. The lowest BCUT2D eigenvalue weighted by molar-refractivity contribution is -0.147. The predicted molar refractivity (Wildman–Crippen MR) is 38.0 cm³/mol. The molecular weight excluding hydrogens is 156 g/mol. The van der Waals surface area contributed by atoms with E-state index in [0.29, 0.717) is 12.8 Å². The van der Waals surface area contributed by atoms with Gasteiger partial charge in [-0.05, 0) is 6.42 Å². The molecule has 0 radical (unpaired) electrons. The molecule has 5 heteroatoms. The van der Waals surface area contributed by atoms with Gasteiger partial charge in [-0.15, -0.1) is 0 Å². The minimum Gasteiger partial charge on any atom is -0.371 e. The van der Waals surface area contributed by atoms with E-state index in [1.807, 2.05) is 6.92 Å². The Bertz CT molecular complexity index is 127. The van der Waals surface area contributed by atoms with Crippen LogP contribution >= 0.6 is 11.6 Å². The number of nitrogens with two attached hydrogens (primary N) is 2. The number of halogens is 1. The minimum atomic E-state index is -1.45. The number of rotatable bonds is 3. The molecule has 1 atom stereocenters. The van der Waals surface area contributed by atoms with Crippen molar-refractivity contribution in [2.45, 2.75) is 24.8 Å². The fourth-order valence-corrected chi connectivity index (χ4v) is 0.797. The van der Waals surface area contributed by atoms with Crippen LogP contribution in [0.1, 0.15) is 19.8 Å². The molecule has 0 heterocycles. The van der Waals surface area contributed by atoms with Crippen LogP contribution in [-0.2, 0) is 9.63 Å². The van der Waals surface area contributed by atoms with Gasteiger partial charge in [-0.3, -0.25) is 0 Å². The van der Waals surface area contributed by atoms with Crippen molar-refractivity contribution in [1.29, 1.82) is 0 Å². The van der Waals surface area contributed by atoms with Crippen LogP contribution in [0.15, 0.2) is 0 Å². The van der Waals surface area contributed by atoms with E-state index in [0.717, 1.165) is 0 Å². The number of carbonyl (C=O) groups excluding carboxylic acids is 1. The zero-order valence-corrected chi connectivity index (χ0v) is 6.52. The number of hydrogen-bond donors (Lipinski definition) is 2. The minimum absolute atomic E-state index is 0.352. The van der Waals surface area contributed by atoms with Crippen LogP contribution in [0.5, 0.6) is 0 Å². The van der Waals surface area contributed by atoms with Gasteiger partial charge in [-0.25, -0.2) is 4.79 Å². The van der Waals surface area contributed by atoms with E-state index in [4.69, 9.17) is 17.3 Å². The molecule has 1 unspecified atom stereocenters. The Kier molecular flexibility index (Phi) is 3.63. The summed E-state index contributed by atoms with van der Waals surface area (Å²) in [6, 6.07) is 0. The fraction of sp³-hybridized carbons (Fsp3) is 0.800. The molecule has 0 saturated carbocycles. The van der Waals surface area contributed by atoms with Gasteiger partial charge in [0.1, 0.15) is 0 Å². The molecule has 60 valence electrons. The molecule has 0 aliphatic carbocycles. The smallest absolute Gasteiger partial charge is 0.360 e. The third-order valence-electron chi connectivity index (χ3n) is 1.06. The molecule has 0 fully saturated rings. The Labute approximate surface area is 64.4 Å². The average Bonchev–Trinajstić information content (AvgIpc) is 1.86. The standard InChI is InChI=1S/C5H11ClN2O2/c1-2-3-5(6,7)4(9)10-8/h2-3,7-8H2,1H3. The first-order chi connectivity index (χ1) is 4.54. The third-order valence-corrected chi connectivity index (χ3v) is 1.40. The highest BCUT2D eigenvalue weighted by molar-refractivity contribution is 6.33. The summed E-state index contributed by atoms with van der Waals surface area (Å²) in [6.45, 7) is 1.85. The Balaban J connectivity index is 3.96. The molecule has 0 aromatic rings. The van der Waals surface area contributed by atoms with Gasteiger partial charge in [0.2, 0.25) is 0 Å². The van der Waals surface area contributed by atoms with Crippen molar-refractivity contribution < 1.29 is 9.63 Å². The molecule has 0 rings (SSSR count). The van der Waals surface area contributed by atoms with Crippen LogP contribution in [0.3, 0.4) is 0 Å². The second kappa shape index (κ2) is 3.75. The van der Waals surface area contributed by atoms with Crippen LogP contribution in [-0.4, -0.2) is 11.0 Å². The van der Waals surface area contributed by atoms with Gasteiger partial charge in [0.15, 0.2) is 5.00 Å². The summed E-state index contributed by atoms with van der Waals surface area (Å²) < 4.78 is 0. The summed E-state index contributed by atoms with van der Waals surface area (Å²) in [5, 5.41) is 0. The molecule has 10 heavy (non-hydrogen) atoms. The lowest BCUT2D eigenvalue weighted by Crippen LogP contribution is -2.44. The quantitative estimate of drug-likeness (QED) is 0.354. The maximum atomic E-state index is 10.6. The normalized spacial score (nSPS) is 16.0. The molecule has 0 amide bonds. The molecule has 0 aromatic carbocycles. The van der Waals surface area contributed by atoms with Gasteiger partial charge in [0.05, 0.1) is 0 Å². The van der Waals surface area contributed by atoms with Crippen molar-refractivity contribution in [1.82, 2.24) is 0 Å². The van der Waals surface area contributed by atoms with Gasteiger partial charge in [0.25, 0.3) is 0 Å². The molecule has 4 N–H and O–H groups in total. The maximum absolute atomic E-state index is 10.6. The summed E-state index contributed by atoms with van der Waals surface area (Å²) in [7, 11) is 0. The predicted octanol–water partition coefficient (Wildman–Crippen LogP) is 0.0972. The second-order valence-corrected chi connectivity index (χ2v) is 2.69. The van der Waals surface area contributed by atoms with E-state index < -0.39 is 11.0 Å². The largest absolute Gasteiger partial charge is 0.371 e. The molecule has 0 aliphatic heterocycles. The zero-order valence-electron chi connectivity index (χ0n) is 5.76. The summed E-state index contributed by atoms with van der Waals surface area (Å²) >= 11 is 5.51. The van der Waals surface area contributed by atoms with Crippen molar-refractivity contribution in [2.75, 3.05) is 0 Å². The fourth-order valence-electron chi connectivity index (χ4n) is 0.564. The van der Waals surface area contributed by atoms with Crippen molar-refractivity contribution in [3.63, 3.8) is 0 Å². The molecule has 0 saturated heterocycles. The van der Waals surface area contributed by atoms with Crippen LogP contribution < -0.4 is 11.6 Å². The van der Waals surface area contributed by atoms with Crippen LogP contribution in [0, 0.1) is 0 Å². The highest BCUT2D eigenvalue weighted by Gasteiger charge is 2.31. The van der Waals surface area contributed by atoms with E-state index in [1.165, 1.54) is 0 Å². The van der Waals surface area contributed by atoms with Crippen molar-refractivity contribution in [3.8, 4) is 0 Å². The first kappa shape index (κ1) is 9.68. The van der Waals surface area contributed by atoms with Gasteiger partial charge in [-0.1, -0.05) is 24.9 Å². The van der Waals surface area contributed by atoms with Crippen molar-refractivity contribution in [3.05, 3.63) is 0 Å². The molecule has 4 nitrogen and oxygen atoms in total. The number of carbonyl (C=O) groups is 1. The second-order valence-electron chi connectivity index (χ2n) is 2.02. The van der Waals surface area contributed by atoms with Crippen molar-refractivity contribution >= 4 is 17.6 Å². The highest BCUT2D eigenvalue weighted by Crippen LogP contribution is 2.15. The molecule has 0 spiro atoms. The molecule has 0 aromatic heterocycles.